The first-order chi connectivity index (χ1) is 10.1. The highest BCUT2D eigenvalue weighted by atomic mass is 32.2. The monoisotopic (exact) mass is 300 g/mol. The Morgan fingerprint density at radius 2 is 1.81 bits per heavy atom. The van der Waals surface area contributed by atoms with Crippen LogP contribution in [-0.4, -0.2) is 18.6 Å². The Hall–Kier alpha value is -2.14. The van der Waals surface area contributed by atoms with Gasteiger partial charge in [-0.05, 0) is 30.2 Å². The summed E-state index contributed by atoms with van der Waals surface area (Å²) >= 11 is 0. The molecule has 3 rings (SSSR count). The van der Waals surface area contributed by atoms with Crippen LogP contribution in [0.1, 0.15) is 18.9 Å². The van der Waals surface area contributed by atoms with Gasteiger partial charge in [0, 0.05) is 5.39 Å². The first kappa shape index (κ1) is 13.8. The third-order valence-electron chi connectivity index (χ3n) is 3.48. The van der Waals surface area contributed by atoms with E-state index in [9.17, 15) is 8.42 Å². The molecule has 0 unspecified atom stereocenters. The number of fused-ring (bicyclic) bond motifs is 1. The maximum absolute atomic E-state index is 12.7. The molecule has 0 fully saturated rings. The summed E-state index contributed by atoms with van der Waals surface area (Å²) in [6.45, 7) is 2.09. The van der Waals surface area contributed by atoms with Crippen molar-refractivity contribution in [3.8, 4) is 0 Å². The van der Waals surface area contributed by atoms with Crippen molar-refractivity contribution in [3.05, 3.63) is 54.1 Å². The SMILES string of the molecule is CCCc1cccc2c(S(=O)(=O)c3ccccc3)[nH]nc12. The van der Waals surface area contributed by atoms with E-state index >= 15 is 0 Å². The van der Waals surface area contributed by atoms with Crippen molar-refractivity contribution in [1.29, 1.82) is 0 Å². The van der Waals surface area contributed by atoms with Crippen LogP contribution in [0, 0.1) is 0 Å². The Morgan fingerprint density at radius 1 is 1.05 bits per heavy atom. The maximum atomic E-state index is 12.7. The van der Waals surface area contributed by atoms with Crippen molar-refractivity contribution in [1.82, 2.24) is 10.2 Å². The number of sulfone groups is 1. The number of hydrogen-bond acceptors (Lipinski definition) is 3. The van der Waals surface area contributed by atoms with Crippen molar-refractivity contribution in [3.63, 3.8) is 0 Å². The summed E-state index contributed by atoms with van der Waals surface area (Å²) in [5.41, 5.74) is 1.81. The van der Waals surface area contributed by atoms with E-state index < -0.39 is 9.84 Å². The molecule has 21 heavy (non-hydrogen) atoms. The normalized spacial score (nSPS) is 11.9. The number of aromatic amines is 1. The summed E-state index contributed by atoms with van der Waals surface area (Å²) < 4.78 is 25.4. The van der Waals surface area contributed by atoms with E-state index in [2.05, 4.69) is 17.1 Å². The molecule has 1 aromatic heterocycles. The molecule has 0 atom stereocenters. The van der Waals surface area contributed by atoms with Gasteiger partial charge in [-0.15, -0.1) is 0 Å². The zero-order valence-corrected chi connectivity index (χ0v) is 12.5. The van der Waals surface area contributed by atoms with Crippen molar-refractivity contribution in [2.24, 2.45) is 0 Å². The van der Waals surface area contributed by atoms with Crippen LogP contribution in [0.5, 0.6) is 0 Å². The Labute approximate surface area is 123 Å². The predicted molar refractivity (Wildman–Crippen MR) is 82.0 cm³/mol. The van der Waals surface area contributed by atoms with E-state index in [1.54, 1.807) is 36.4 Å². The predicted octanol–water partition coefficient (Wildman–Crippen LogP) is 3.35. The average Bonchev–Trinajstić information content (AvgIpc) is 2.94. The second-order valence-electron chi connectivity index (χ2n) is 4.93. The third-order valence-corrected chi connectivity index (χ3v) is 5.22. The first-order valence-corrected chi connectivity index (χ1v) is 8.39. The van der Waals surface area contributed by atoms with E-state index in [4.69, 9.17) is 0 Å². The lowest BCUT2D eigenvalue weighted by atomic mass is 10.1. The molecule has 0 aliphatic heterocycles. The lowest BCUT2D eigenvalue weighted by molar-refractivity contribution is 0.593. The summed E-state index contributed by atoms with van der Waals surface area (Å²) in [6, 6.07) is 14.1. The number of para-hydroxylation sites is 1. The standard InChI is InChI=1S/C16H16N2O2S/c1-2-7-12-8-6-11-14-15(12)17-18-16(14)21(19,20)13-9-4-3-5-10-13/h3-6,8-11H,2,7H2,1H3,(H,17,18). The van der Waals surface area contributed by atoms with Crippen LogP contribution in [0.3, 0.4) is 0 Å². The van der Waals surface area contributed by atoms with E-state index in [0.29, 0.717) is 5.39 Å². The molecule has 0 amide bonds. The van der Waals surface area contributed by atoms with Crippen LogP contribution in [0.25, 0.3) is 10.9 Å². The van der Waals surface area contributed by atoms with Gasteiger partial charge in [0.2, 0.25) is 9.84 Å². The Kier molecular flexibility index (Phi) is 3.51. The van der Waals surface area contributed by atoms with Crippen LogP contribution in [0.15, 0.2) is 58.5 Å². The van der Waals surface area contributed by atoms with Crippen molar-refractivity contribution in [2.45, 2.75) is 29.7 Å². The Bertz CT molecular complexity index is 868. The van der Waals surface area contributed by atoms with E-state index in [0.717, 1.165) is 23.9 Å². The van der Waals surface area contributed by atoms with Gasteiger partial charge in [-0.1, -0.05) is 43.7 Å². The van der Waals surface area contributed by atoms with Gasteiger partial charge in [0.25, 0.3) is 0 Å². The van der Waals surface area contributed by atoms with Crippen molar-refractivity contribution >= 4 is 20.7 Å². The molecule has 0 saturated heterocycles. The van der Waals surface area contributed by atoms with Crippen LogP contribution in [0.2, 0.25) is 0 Å². The molecule has 2 aromatic carbocycles. The van der Waals surface area contributed by atoms with Crippen LogP contribution >= 0.6 is 0 Å². The smallest absolute Gasteiger partial charge is 0.223 e. The number of nitrogens with zero attached hydrogens (tertiary/aromatic N) is 1. The quantitative estimate of drug-likeness (QED) is 0.803. The molecular weight excluding hydrogens is 284 g/mol. The molecule has 4 nitrogen and oxygen atoms in total. The van der Waals surface area contributed by atoms with Gasteiger partial charge in [-0.2, -0.15) is 5.10 Å². The Morgan fingerprint density at radius 3 is 2.52 bits per heavy atom. The van der Waals surface area contributed by atoms with Crippen molar-refractivity contribution in [2.75, 3.05) is 0 Å². The fraction of sp³-hybridized carbons (Fsp3) is 0.188. The van der Waals surface area contributed by atoms with Gasteiger partial charge in [-0.25, -0.2) is 8.42 Å². The average molecular weight is 300 g/mol. The molecule has 0 aliphatic carbocycles. The topological polar surface area (TPSA) is 62.8 Å². The van der Waals surface area contributed by atoms with Crippen LogP contribution < -0.4 is 0 Å². The summed E-state index contributed by atoms with van der Waals surface area (Å²) in [5, 5.41) is 7.76. The van der Waals surface area contributed by atoms with E-state index in [-0.39, 0.29) is 9.92 Å². The fourth-order valence-electron chi connectivity index (χ4n) is 2.47. The second kappa shape index (κ2) is 5.33. The summed E-state index contributed by atoms with van der Waals surface area (Å²) in [6.07, 6.45) is 1.87. The van der Waals surface area contributed by atoms with Gasteiger partial charge in [-0.3, -0.25) is 5.10 Å². The number of aromatic nitrogens is 2. The molecule has 0 bridgehead atoms. The fourth-order valence-corrected chi connectivity index (χ4v) is 3.84. The highest BCUT2D eigenvalue weighted by molar-refractivity contribution is 7.91. The summed E-state index contributed by atoms with van der Waals surface area (Å²) in [4.78, 5) is 0.274. The van der Waals surface area contributed by atoms with E-state index in [1.807, 2.05) is 12.1 Å². The maximum Gasteiger partial charge on any atom is 0.223 e. The number of hydrogen-bond donors (Lipinski definition) is 1. The lowest BCUT2D eigenvalue weighted by Gasteiger charge is -2.03. The number of aryl methyl sites for hydroxylation is 1. The number of benzene rings is 2. The largest absolute Gasteiger partial charge is 0.266 e. The molecule has 0 radical (unpaired) electrons. The molecule has 0 aliphatic rings. The molecule has 1 N–H and O–H groups in total. The van der Waals surface area contributed by atoms with Gasteiger partial charge in [0.1, 0.15) is 0 Å². The van der Waals surface area contributed by atoms with Gasteiger partial charge in [0.15, 0.2) is 5.03 Å². The zero-order chi connectivity index (χ0) is 14.9. The first-order valence-electron chi connectivity index (χ1n) is 6.90. The van der Waals surface area contributed by atoms with Gasteiger partial charge < -0.3 is 0 Å². The number of H-pyrrole nitrogens is 1. The molecule has 0 saturated carbocycles. The summed E-state index contributed by atoms with van der Waals surface area (Å²) in [5.74, 6) is 0. The van der Waals surface area contributed by atoms with Crippen LogP contribution in [-0.2, 0) is 16.3 Å². The minimum Gasteiger partial charge on any atom is -0.266 e. The molecule has 0 spiro atoms. The molecular formula is C16H16N2O2S. The summed E-state index contributed by atoms with van der Waals surface area (Å²) in [7, 11) is -3.57. The lowest BCUT2D eigenvalue weighted by Crippen LogP contribution is -2.02. The van der Waals surface area contributed by atoms with E-state index in [1.165, 1.54) is 0 Å². The highest BCUT2D eigenvalue weighted by Crippen LogP contribution is 2.28. The van der Waals surface area contributed by atoms with Crippen LogP contribution in [0.4, 0.5) is 0 Å². The molecule has 3 aromatic rings. The minimum atomic E-state index is -3.57. The second-order valence-corrected chi connectivity index (χ2v) is 6.82. The minimum absolute atomic E-state index is 0.168. The van der Waals surface area contributed by atoms with Crippen molar-refractivity contribution < 1.29 is 8.42 Å². The zero-order valence-electron chi connectivity index (χ0n) is 11.7. The van der Waals surface area contributed by atoms with Gasteiger partial charge >= 0.3 is 0 Å². The highest BCUT2D eigenvalue weighted by Gasteiger charge is 2.23. The molecule has 108 valence electrons. The Balaban J connectivity index is 2.20. The van der Waals surface area contributed by atoms with Gasteiger partial charge in [0.05, 0.1) is 10.4 Å². The third kappa shape index (κ3) is 2.34. The number of nitrogens with one attached hydrogen (secondary N) is 1. The molecule has 1 heterocycles. The number of rotatable bonds is 4. The molecule has 5 heteroatoms.